The van der Waals surface area contributed by atoms with Crippen LogP contribution in [0.2, 0.25) is 0 Å². The van der Waals surface area contributed by atoms with Gasteiger partial charge in [-0.05, 0) is 53.0 Å². The summed E-state index contributed by atoms with van der Waals surface area (Å²) in [6.07, 6.45) is 4.06. The van der Waals surface area contributed by atoms with Crippen molar-refractivity contribution < 1.29 is 19.0 Å². The number of hydrogen-bond acceptors (Lipinski definition) is 5. The van der Waals surface area contributed by atoms with Crippen LogP contribution in [-0.4, -0.2) is 69.2 Å². The zero-order valence-corrected chi connectivity index (χ0v) is 15.2. The van der Waals surface area contributed by atoms with Gasteiger partial charge in [-0.25, -0.2) is 4.79 Å². The molecule has 1 atom stereocenters. The van der Waals surface area contributed by atoms with Crippen LogP contribution < -0.4 is 5.32 Å². The van der Waals surface area contributed by atoms with Gasteiger partial charge in [-0.1, -0.05) is 0 Å². The number of nitrogens with zero attached hydrogens (tertiary/aromatic N) is 1. The lowest BCUT2D eigenvalue weighted by Crippen LogP contribution is -2.49. The van der Waals surface area contributed by atoms with Crippen LogP contribution in [0, 0.1) is 0 Å². The minimum absolute atomic E-state index is 0.199. The van der Waals surface area contributed by atoms with E-state index in [0.29, 0.717) is 19.3 Å². The lowest BCUT2D eigenvalue weighted by Gasteiger charge is -2.34. The van der Waals surface area contributed by atoms with E-state index in [1.54, 1.807) is 7.11 Å². The number of carbonyl (C=O) groups excluding carboxylic acids is 1. The van der Waals surface area contributed by atoms with Gasteiger partial charge in [0.2, 0.25) is 0 Å². The van der Waals surface area contributed by atoms with Crippen molar-refractivity contribution in [2.75, 3.05) is 46.6 Å². The van der Waals surface area contributed by atoms with E-state index in [4.69, 9.17) is 14.2 Å². The fraction of sp³-hybridized carbons (Fsp3) is 0.941. The normalized spacial score (nSPS) is 19.0. The summed E-state index contributed by atoms with van der Waals surface area (Å²) in [7, 11) is 1.68. The van der Waals surface area contributed by atoms with E-state index in [0.717, 1.165) is 51.9 Å². The minimum Gasteiger partial charge on any atom is -0.444 e. The first-order valence-electron chi connectivity index (χ1n) is 8.70. The van der Waals surface area contributed by atoms with Gasteiger partial charge in [0.15, 0.2) is 0 Å². The Labute approximate surface area is 140 Å². The Bertz CT molecular complexity index is 331. The molecule has 0 aromatic carbocycles. The molecule has 6 nitrogen and oxygen atoms in total. The third-order valence-corrected chi connectivity index (χ3v) is 3.65. The molecule has 1 fully saturated rings. The van der Waals surface area contributed by atoms with Gasteiger partial charge >= 0.3 is 6.09 Å². The number of unbranched alkanes of at least 4 members (excludes halogenated alkanes) is 1. The minimum atomic E-state index is -0.430. The van der Waals surface area contributed by atoms with Crippen molar-refractivity contribution in [3.63, 3.8) is 0 Å². The fourth-order valence-electron chi connectivity index (χ4n) is 2.52. The highest BCUT2D eigenvalue weighted by molar-refractivity contribution is 5.68. The summed E-state index contributed by atoms with van der Waals surface area (Å²) in [6, 6.07) is 0.366. The average molecular weight is 330 g/mol. The standard InChI is InChI=1S/C17H34N2O4/c1-17(2,3)23-16(20)19-10-7-8-15(14-19)18-9-5-6-11-22-13-12-21-4/h15,18H,5-14H2,1-4H3. The third-order valence-electron chi connectivity index (χ3n) is 3.65. The highest BCUT2D eigenvalue weighted by Gasteiger charge is 2.27. The highest BCUT2D eigenvalue weighted by atomic mass is 16.6. The maximum Gasteiger partial charge on any atom is 0.410 e. The molecule has 1 amide bonds. The summed E-state index contributed by atoms with van der Waals surface area (Å²) in [5.74, 6) is 0. The zero-order valence-electron chi connectivity index (χ0n) is 15.2. The van der Waals surface area contributed by atoms with Crippen molar-refractivity contribution in [2.24, 2.45) is 0 Å². The molecule has 0 aromatic heterocycles. The Hall–Kier alpha value is -0.850. The molecule has 23 heavy (non-hydrogen) atoms. The summed E-state index contributed by atoms with van der Waals surface area (Å²) >= 11 is 0. The van der Waals surface area contributed by atoms with Crippen molar-refractivity contribution >= 4 is 6.09 Å². The molecule has 0 saturated carbocycles. The van der Waals surface area contributed by atoms with Gasteiger partial charge in [-0.3, -0.25) is 0 Å². The van der Waals surface area contributed by atoms with Gasteiger partial charge < -0.3 is 24.4 Å². The maximum absolute atomic E-state index is 12.1. The van der Waals surface area contributed by atoms with Crippen LogP contribution in [0.1, 0.15) is 46.5 Å². The summed E-state index contributed by atoms with van der Waals surface area (Å²) in [5.41, 5.74) is -0.430. The van der Waals surface area contributed by atoms with Crippen molar-refractivity contribution in [3.05, 3.63) is 0 Å². The molecule has 0 aliphatic carbocycles. The predicted molar refractivity (Wildman–Crippen MR) is 90.8 cm³/mol. The molecular formula is C17H34N2O4. The van der Waals surface area contributed by atoms with E-state index in [9.17, 15) is 4.79 Å². The van der Waals surface area contributed by atoms with Crippen molar-refractivity contribution in [1.29, 1.82) is 0 Å². The number of hydrogen-bond donors (Lipinski definition) is 1. The number of ether oxygens (including phenoxy) is 3. The Morgan fingerprint density at radius 2 is 2.00 bits per heavy atom. The first-order valence-corrected chi connectivity index (χ1v) is 8.70. The third kappa shape index (κ3) is 9.79. The van der Waals surface area contributed by atoms with Crippen molar-refractivity contribution in [3.8, 4) is 0 Å². The van der Waals surface area contributed by atoms with Crippen LogP contribution >= 0.6 is 0 Å². The molecule has 0 aromatic rings. The number of piperidine rings is 1. The number of amides is 1. The van der Waals surface area contributed by atoms with Gasteiger partial charge in [-0.15, -0.1) is 0 Å². The molecule has 1 aliphatic rings. The summed E-state index contributed by atoms with van der Waals surface area (Å²) < 4.78 is 15.8. The number of nitrogens with one attached hydrogen (secondary N) is 1. The SMILES string of the molecule is COCCOCCCCNC1CCCN(C(=O)OC(C)(C)C)C1. The number of carbonyl (C=O) groups is 1. The molecule has 0 spiro atoms. The van der Waals surface area contributed by atoms with Gasteiger partial charge in [0, 0.05) is 32.8 Å². The van der Waals surface area contributed by atoms with Crippen LogP contribution in [-0.2, 0) is 14.2 Å². The molecular weight excluding hydrogens is 296 g/mol. The monoisotopic (exact) mass is 330 g/mol. The van der Waals surface area contributed by atoms with Crippen LogP contribution in [0.25, 0.3) is 0 Å². The van der Waals surface area contributed by atoms with E-state index >= 15 is 0 Å². The first kappa shape index (κ1) is 20.2. The lowest BCUT2D eigenvalue weighted by molar-refractivity contribution is 0.0187. The first-order chi connectivity index (χ1) is 10.9. The second kappa shape index (κ2) is 10.8. The quantitative estimate of drug-likeness (QED) is 0.658. The van der Waals surface area contributed by atoms with E-state index in [1.807, 2.05) is 25.7 Å². The average Bonchev–Trinajstić information content (AvgIpc) is 2.48. The van der Waals surface area contributed by atoms with Gasteiger partial charge in [0.1, 0.15) is 5.60 Å². The van der Waals surface area contributed by atoms with Crippen LogP contribution in [0.15, 0.2) is 0 Å². The summed E-state index contributed by atoms with van der Waals surface area (Å²) in [4.78, 5) is 13.9. The Morgan fingerprint density at radius 1 is 1.22 bits per heavy atom. The van der Waals surface area contributed by atoms with Crippen LogP contribution in [0.3, 0.4) is 0 Å². The fourth-order valence-corrected chi connectivity index (χ4v) is 2.52. The molecule has 1 saturated heterocycles. The van der Waals surface area contributed by atoms with E-state index in [1.165, 1.54) is 0 Å². The molecule has 0 bridgehead atoms. The van der Waals surface area contributed by atoms with Crippen molar-refractivity contribution in [1.82, 2.24) is 10.2 Å². The van der Waals surface area contributed by atoms with E-state index in [-0.39, 0.29) is 6.09 Å². The summed E-state index contributed by atoms with van der Waals surface area (Å²) in [6.45, 7) is 10.3. The van der Waals surface area contributed by atoms with Gasteiger partial charge in [0.05, 0.1) is 13.2 Å². The van der Waals surface area contributed by atoms with Crippen molar-refractivity contribution in [2.45, 2.75) is 58.1 Å². The predicted octanol–water partition coefficient (Wildman–Crippen LogP) is 2.42. The van der Waals surface area contributed by atoms with Crippen LogP contribution in [0.5, 0.6) is 0 Å². The van der Waals surface area contributed by atoms with Gasteiger partial charge in [0.25, 0.3) is 0 Å². The zero-order chi connectivity index (χ0) is 17.1. The Balaban J connectivity index is 2.12. The molecule has 0 radical (unpaired) electrons. The maximum atomic E-state index is 12.1. The number of likely N-dealkylation sites (tertiary alicyclic amines) is 1. The second-order valence-corrected chi connectivity index (χ2v) is 7.03. The number of rotatable bonds is 9. The Kier molecular flexibility index (Phi) is 9.52. The smallest absolute Gasteiger partial charge is 0.410 e. The molecule has 6 heteroatoms. The Morgan fingerprint density at radius 3 is 2.70 bits per heavy atom. The molecule has 1 N–H and O–H groups in total. The topological polar surface area (TPSA) is 60.0 Å². The summed E-state index contributed by atoms with van der Waals surface area (Å²) in [5, 5.41) is 3.54. The lowest BCUT2D eigenvalue weighted by atomic mass is 10.1. The molecule has 1 rings (SSSR count). The largest absolute Gasteiger partial charge is 0.444 e. The van der Waals surface area contributed by atoms with E-state index in [2.05, 4.69) is 5.32 Å². The van der Waals surface area contributed by atoms with E-state index < -0.39 is 5.60 Å². The molecule has 1 aliphatic heterocycles. The van der Waals surface area contributed by atoms with Gasteiger partial charge in [-0.2, -0.15) is 0 Å². The second-order valence-electron chi connectivity index (χ2n) is 7.03. The van der Waals surface area contributed by atoms with Crippen LogP contribution in [0.4, 0.5) is 4.79 Å². The molecule has 136 valence electrons. The number of methoxy groups -OCH3 is 1. The molecule has 1 heterocycles. The highest BCUT2D eigenvalue weighted by Crippen LogP contribution is 2.15. The molecule has 1 unspecified atom stereocenters.